The molecular formula is C10H20N4O2S. The van der Waals surface area contributed by atoms with Crippen LogP contribution in [0.25, 0.3) is 0 Å². The van der Waals surface area contributed by atoms with Crippen LogP contribution in [0.5, 0.6) is 0 Å². The van der Waals surface area contributed by atoms with E-state index >= 15 is 0 Å². The summed E-state index contributed by atoms with van der Waals surface area (Å²) in [5, 5.41) is 3.65. The molecule has 0 fully saturated rings. The molecule has 0 aromatic carbocycles. The van der Waals surface area contributed by atoms with E-state index in [0.717, 1.165) is 17.0 Å². The Morgan fingerprint density at radius 3 is 2.47 bits per heavy atom. The molecule has 0 spiro atoms. The molecule has 1 aromatic rings. The quantitative estimate of drug-likeness (QED) is 0.767. The molecule has 7 heteroatoms. The summed E-state index contributed by atoms with van der Waals surface area (Å²) in [6.07, 6.45) is 0. The van der Waals surface area contributed by atoms with Crippen molar-refractivity contribution in [2.45, 2.75) is 32.6 Å². The van der Waals surface area contributed by atoms with Crippen molar-refractivity contribution in [1.82, 2.24) is 14.5 Å². The topological polar surface area (TPSA) is 90.0 Å². The van der Waals surface area contributed by atoms with Crippen molar-refractivity contribution in [3.63, 3.8) is 0 Å². The number of rotatable bonds is 5. The lowest BCUT2D eigenvalue weighted by Crippen LogP contribution is -2.36. The highest BCUT2D eigenvalue weighted by atomic mass is 32.2. The normalized spacial score (nSPS) is 13.9. The maximum atomic E-state index is 11.7. The first kappa shape index (κ1) is 14.1. The van der Waals surface area contributed by atoms with E-state index in [1.165, 1.54) is 0 Å². The fourth-order valence-electron chi connectivity index (χ4n) is 1.52. The van der Waals surface area contributed by atoms with Crippen molar-refractivity contribution in [2.24, 2.45) is 12.8 Å². The van der Waals surface area contributed by atoms with Crippen LogP contribution in [0.1, 0.15) is 23.9 Å². The summed E-state index contributed by atoms with van der Waals surface area (Å²) < 4.78 is 27.8. The van der Waals surface area contributed by atoms with Crippen LogP contribution in [-0.4, -0.2) is 30.0 Å². The van der Waals surface area contributed by atoms with E-state index in [1.807, 2.05) is 20.9 Å². The highest BCUT2D eigenvalue weighted by molar-refractivity contribution is 7.90. The molecule has 0 radical (unpaired) electrons. The average molecular weight is 260 g/mol. The Balaban J connectivity index is 2.81. The van der Waals surface area contributed by atoms with Gasteiger partial charge in [0.2, 0.25) is 10.0 Å². The number of hydrogen-bond donors (Lipinski definition) is 2. The SMILES string of the molecule is Cc1nn(C)c(C)c1CNS(=O)(=O)C(C)CN. The van der Waals surface area contributed by atoms with E-state index in [4.69, 9.17) is 5.73 Å². The van der Waals surface area contributed by atoms with Crippen LogP contribution in [0.2, 0.25) is 0 Å². The second-order valence-corrected chi connectivity index (χ2v) is 6.37. The minimum atomic E-state index is -3.34. The van der Waals surface area contributed by atoms with Gasteiger partial charge in [-0.2, -0.15) is 5.10 Å². The molecule has 1 unspecified atom stereocenters. The van der Waals surface area contributed by atoms with Gasteiger partial charge < -0.3 is 5.73 Å². The first-order valence-corrected chi connectivity index (χ1v) is 7.01. The number of hydrogen-bond acceptors (Lipinski definition) is 4. The summed E-state index contributed by atoms with van der Waals surface area (Å²) in [5.74, 6) is 0. The van der Waals surface area contributed by atoms with Gasteiger partial charge in [0.05, 0.1) is 10.9 Å². The van der Waals surface area contributed by atoms with Crippen LogP contribution in [0.4, 0.5) is 0 Å². The maximum Gasteiger partial charge on any atom is 0.215 e. The van der Waals surface area contributed by atoms with Crippen LogP contribution in [-0.2, 0) is 23.6 Å². The Hall–Kier alpha value is -0.920. The van der Waals surface area contributed by atoms with E-state index in [1.54, 1.807) is 11.6 Å². The molecule has 0 aliphatic heterocycles. The van der Waals surface area contributed by atoms with Gasteiger partial charge in [-0.1, -0.05) is 0 Å². The fraction of sp³-hybridized carbons (Fsp3) is 0.700. The lowest BCUT2D eigenvalue weighted by atomic mass is 10.2. The Bertz CT molecular complexity index is 493. The third-order valence-corrected chi connectivity index (χ3v) is 4.77. The van der Waals surface area contributed by atoms with Gasteiger partial charge in [-0.3, -0.25) is 4.68 Å². The molecule has 1 rings (SSSR count). The second-order valence-electron chi connectivity index (χ2n) is 4.19. The van der Waals surface area contributed by atoms with Gasteiger partial charge in [-0.15, -0.1) is 0 Å². The predicted molar refractivity (Wildman–Crippen MR) is 67.0 cm³/mol. The maximum absolute atomic E-state index is 11.7. The average Bonchev–Trinajstić information content (AvgIpc) is 2.50. The number of sulfonamides is 1. The molecule has 98 valence electrons. The minimum absolute atomic E-state index is 0.111. The Morgan fingerprint density at radius 2 is 2.06 bits per heavy atom. The lowest BCUT2D eigenvalue weighted by molar-refractivity contribution is 0.568. The van der Waals surface area contributed by atoms with Gasteiger partial charge in [0, 0.05) is 31.4 Å². The number of aromatic nitrogens is 2. The first-order chi connectivity index (χ1) is 7.79. The monoisotopic (exact) mass is 260 g/mol. The standard InChI is InChI=1S/C10H20N4O2S/c1-7(5-11)17(15,16)12-6-10-8(2)13-14(4)9(10)3/h7,12H,5-6,11H2,1-4H3. The molecule has 17 heavy (non-hydrogen) atoms. The van der Waals surface area contributed by atoms with Crippen molar-refractivity contribution in [3.05, 3.63) is 17.0 Å². The molecule has 6 nitrogen and oxygen atoms in total. The van der Waals surface area contributed by atoms with Gasteiger partial charge in [0.15, 0.2) is 0 Å². The van der Waals surface area contributed by atoms with Crippen molar-refractivity contribution < 1.29 is 8.42 Å². The zero-order valence-electron chi connectivity index (χ0n) is 10.7. The summed E-state index contributed by atoms with van der Waals surface area (Å²) in [7, 11) is -1.51. The lowest BCUT2D eigenvalue weighted by Gasteiger charge is -2.11. The minimum Gasteiger partial charge on any atom is -0.329 e. The third-order valence-electron chi connectivity index (χ3n) is 2.97. The van der Waals surface area contributed by atoms with Crippen LogP contribution in [0, 0.1) is 13.8 Å². The third kappa shape index (κ3) is 3.05. The molecule has 0 saturated heterocycles. The highest BCUT2D eigenvalue weighted by Gasteiger charge is 2.20. The molecule has 0 bridgehead atoms. The number of nitrogens with two attached hydrogens (primary N) is 1. The number of nitrogens with zero attached hydrogens (tertiary/aromatic N) is 2. The van der Waals surface area contributed by atoms with Gasteiger partial charge in [0.25, 0.3) is 0 Å². The zero-order chi connectivity index (χ0) is 13.2. The molecule has 0 saturated carbocycles. The van der Waals surface area contributed by atoms with Gasteiger partial charge in [-0.25, -0.2) is 13.1 Å². The summed E-state index contributed by atoms with van der Waals surface area (Å²) in [4.78, 5) is 0. The number of aryl methyl sites for hydroxylation is 2. The molecule has 0 aliphatic carbocycles. The molecular weight excluding hydrogens is 240 g/mol. The van der Waals surface area contributed by atoms with E-state index in [0.29, 0.717) is 0 Å². The fourth-order valence-corrected chi connectivity index (χ4v) is 2.40. The summed E-state index contributed by atoms with van der Waals surface area (Å²) in [6.45, 7) is 5.74. The predicted octanol–water partition coefficient (Wildman–Crippen LogP) is -0.196. The highest BCUT2D eigenvalue weighted by Crippen LogP contribution is 2.12. The summed E-state index contributed by atoms with van der Waals surface area (Å²) in [6, 6.07) is 0. The molecule has 1 atom stereocenters. The Labute approximate surface area is 102 Å². The van der Waals surface area contributed by atoms with Crippen LogP contribution >= 0.6 is 0 Å². The van der Waals surface area contributed by atoms with E-state index in [-0.39, 0.29) is 13.1 Å². The Morgan fingerprint density at radius 1 is 1.47 bits per heavy atom. The zero-order valence-corrected chi connectivity index (χ0v) is 11.5. The largest absolute Gasteiger partial charge is 0.329 e. The first-order valence-electron chi connectivity index (χ1n) is 5.47. The molecule has 1 aromatic heterocycles. The van der Waals surface area contributed by atoms with Crippen molar-refractivity contribution in [3.8, 4) is 0 Å². The molecule has 0 aliphatic rings. The van der Waals surface area contributed by atoms with Gasteiger partial charge in [-0.05, 0) is 20.8 Å². The van der Waals surface area contributed by atoms with Crippen LogP contribution < -0.4 is 10.5 Å². The van der Waals surface area contributed by atoms with Crippen molar-refractivity contribution in [2.75, 3.05) is 6.54 Å². The van der Waals surface area contributed by atoms with E-state index in [9.17, 15) is 8.42 Å². The van der Waals surface area contributed by atoms with E-state index in [2.05, 4.69) is 9.82 Å². The molecule has 1 heterocycles. The van der Waals surface area contributed by atoms with Gasteiger partial charge >= 0.3 is 0 Å². The van der Waals surface area contributed by atoms with Crippen LogP contribution in [0.3, 0.4) is 0 Å². The summed E-state index contributed by atoms with van der Waals surface area (Å²) >= 11 is 0. The molecule has 3 N–H and O–H groups in total. The molecule has 0 amide bonds. The van der Waals surface area contributed by atoms with Crippen molar-refractivity contribution in [1.29, 1.82) is 0 Å². The smallest absolute Gasteiger partial charge is 0.215 e. The Kier molecular flexibility index (Phi) is 4.29. The number of nitrogens with one attached hydrogen (secondary N) is 1. The second kappa shape index (κ2) is 5.16. The van der Waals surface area contributed by atoms with E-state index < -0.39 is 15.3 Å². The van der Waals surface area contributed by atoms with Crippen molar-refractivity contribution >= 4 is 10.0 Å². The van der Waals surface area contributed by atoms with Crippen LogP contribution in [0.15, 0.2) is 0 Å². The van der Waals surface area contributed by atoms with Gasteiger partial charge in [0.1, 0.15) is 0 Å². The summed E-state index contributed by atoms with van der Waals surface area (Å²) in [5.41, 5.74) is 8.08.